The lowest BCUT2D eigenvalue weighted by molar-refractivity contribution is 0.0614. The minimum absolute atomic E-state index is 0.0128. The van der Waals surface area contributed by atoms with Crippen molar-refractivity contribution in [3.63, 3.8) is 0 Å². The van der Waals surface area contributed by atoms with E-state index in [-0.39, 0.29) is 5.91 Å². The van der Waals surface area contributed by atoms with E-state index in [2.05, 4.69) is 15.0 Å². The van der Waals surface area contributed by atoms with Gasteiger partial charge >= 0.3 is 0 Å². The number of benzene rings is 2. The number of carbonyl (C=O) groups is 1. The second-order valence-electron chi connectivity index (χ2n) is 7.44. The predicted octanol–water partition coefficient (Wildman–Crippen LogP) is 2.92. The predicted molar refractivity (Wildman–Crippen MR) is 114 cm³/mol. The van der Waals surface area contributed by atoms with Crippen molar-refractivity contribution >= 4 is 5.91 Å². The number of methoxy groups -OCH3 is 1. The molecular weight excluding hydrogens is 396 g/mol. The quantitative estimate of drug-likeness (QED) is 0.579. The average molecular weight is 422 g/mol. The van der Waals surface area contributed by atoms with E-state index in [1.54, 1.807) is 32.2 Å². The summed E-state index contributed by atoms with van der Waals surface area (Å²) in [7, 11) is 1.58. The summed E-state index contributed by atoms with van der Waals surface area (Å²) in [5.74, 6) is 2.39. The van der Waals surface area contributed by atoms with Gasteiger partial charge in [0.15, 0.2) is 17.3 Å². The molecule has 4 rings (SSSR count). The van der Waals surface area contributed by atoms with Crippen molar-refractivity contribution in [3.8, 4) is 11.5 Å². The van der Waals surface area contributed by atoms with Crippen molar-refractivity contribution in [2.45, 2.75) is 20.1 Å². The van der Waals surface area contributed by atoms with Crippen molar-refractivity contribution in [1.82, 2.24) is 19.9 Å². The Labute approximate surface area is 181 Å². The molecule has 2 heterocycles. The molecule has 1 fully saturated rings. The molecule has 0 saturated carbocycles. The zero-order valence-corrected chi connectivity index (χ0v) is 17.8. The highest BCUT2D eigenvalue weighted by atomic mass is 16.5. The molecule has 2 aromatic carbocycles. The molecule has 0 spiro atoms. The van der Waals surface area contributed by atoms with Crippen LogP contribution in [0.1, 0.15) is 27.6 Å². The summed E-state index contributed by atoms with van der Waals surface area (Å²) in [5, 5.41) is 3.82. The van der Waals surface area contributed by atoms with Crippen LogP contribution < -0.4 is 9.47 Å². The zero-order chi connectivity index (χ0) is 21.6. The Morgan fingerprint density at radius 2 is 1.84 bits per heavy atom. The van der Waals surface area contributed by atoms with E-state index in [9.17, 15) is 4.79 Å². The molecule has 1 aromatic heterocycles. The maximum Gasteiger partial charge on any atom is 0.254 e. The number of aromatic nitrogens is 2. The van der Waals surface area contributed by atoms with Gasteiger partial charge in [0.1, 0.15) is 6.61 Å². The molecule has 1 aliphatic rings. The highest BCUT2D eigenvalue weighted by molar-refractivity contribution is 5.95. The fraction of sp³-hybridized carbons (Fsp3) is 0.348. The molecule has 0 unspecified atom stereocenters. The van der Waals surface area contributed by atoms with Crippen molar-refractivity contribution in [2.24, 2.45) is 0 Å². The summed E-state index contributed by atoms with van der Waals surface area (Å²) in [6.07, 6.45) is 0. The van der Waals surface area contributed by atoms with Crippen LogP contribution in [0, 0.1) is 6.92 Å². The zero-order valence-electron chi connectivity index (χ0n) is 17.8. The van der Waals surface area contributed by atoms with E-state index in [4.69, 9.17) is 14.0 Å². The van der Waals surface area contributed by atoms with Gasteiger partial charge in [-0.1, -0.05) is 35.5 Å². The van der Waals surface area contributed by atoms with Crippen LogP contribution in [0.2, 0.25) is 0 Å². The third-order valence-corrected chi connectivity index (χ3v) is 5.24. The lowest BCUT2D eigenvalue weighted by atomic mass is 10.1. The molecule has 162 valence electrons. The van der Waals surface area contributed by atoms with Gasteiger partial charge in [0, 0.05) is 31.7 Å². The number of amides is 1. The largest absolute Gasteiger partial charge is 0.493 e. The summed E-state index contributed by atoms with van der Waals surface area (Å²) in [6.45, 7) is 5.62. The van der Waals surface area contributed by atoms with Crippen LogP contribution in [-0.2, 0) is 13.2 Å². The van der Waals surface area contributed by atoms with Crippen molar-refractivity contribution < 1.29 is 18.8 Å². The number of ether oxygens (including phenoxy) is 2. The Kier molecular flexibility index (Phi) is 6.47. The molecule has 8 heteroatoms. The SMILES string of the molecule is COc1cc(C(=O)N2CCN(Cc3nc(C)no3)CC2)ccc1OCc1ccccc1. The number of carbonyl (C=O) groups excluding carboxylic acids is 1. The first-order chi connectivity index (χ1) is 15.1. The molecule has 8 nitrogen and oxygen atoms in total. The molecule has 1 saturated heterocycles. The van der Waals surface area contributed by atoms with Gasteiger partial charge in [-0.05, 0) is 30.7 Å². The first kappa shape index (κ1) is 20.9. The lowest BCUT2D eigenvalue weighted by Crippen LogP contribution is -2.48. The monoisotopic (exact) mass is 422 g/mol. The minimum Gasteiger partial charge on any atom is -0.493 e. The second-order valence-corrected chi connectivity index (χ2v) is 7.44. The molecule has 0 bridgehead atoms. The number of hydrogen-bond acceptors (Lipinski definition) is 7. The Balaban J connectivity index is 1.35. The Bertz CT molecular complexity index is 1010. The standard InChI is InChI=1S/C23H26N4O4/c1-17-24-22(31-25-17)15-26-10-12-27(13-11-26)23(28)19-8-9-20(21(14-19)29-2)30-16-18-6-4-3-5-7-18/h3-9,14H,10-13,15-16H2,1-2H3. The minimum atomic E-state index is -0.0128. The normalized spacial score (nSPS) is 14.5. The maximum absolute atomic E-state index is 13.0. The Morgan fingerprint density at radius 3 is 2.52 bits per heavy atom. The summed E-state index contributed by atoms with van der Waals surface area (Å²) in [4.78, 5) is 21.3. The van der Waals surface area contributed by atoms with E-state index >= 15 is 0 Å². The van der Waals surface area contributed by atoms with Crippen molar-refractivity contribution in [2.75, 3.05) is 33.3 Å². The van der Waals surface area contributed by atoms with Crippen molar-refractivity contribution in [3.05, 3.63) is 71.4 Å². The van der Waals surface area contributed by atoms with Crippen LogP contribution in [0.4, 0.5) is 0 Å². The van der Waals surface area contributed by atoms with Gasteiger partial charge in [0.2, 0.25) is 5.89 Å². The lowest BCUT2D eigenvalue weighted by Gasteiger charge is -2.34. The van der Waals surface area contributed by atoms with Gasteiger partial charge in [-0.2, -0.15) is 4.98 Å². The van der Waals surface area contributed by atoms with Crippen LogP contribution in [0.25, 0.3) is 0 Å². The molecule has 0 radical (unpaired) electrons. The fourth-order valence-corrected chi connectivity index (χ4v) is 3.54. The van der Waals surface area contributed by atoms with Crippen LogP contribution in [0.5, 0.6) is 11.5 Å². The molecule has 3 aromatic rings. The van der Waals surface area contributed by atoms with E-state index in [1.165, 1.54) is 0 Å². The van der Waals surface area contributed by atoms with Gasteiger partial charge in [-0.15, -0.1) is 0 Å². The number of rotatable bonds is 7. The summed E-state index contributed by atoms with van der Waals surface area (Å²) in [5.41, 5.74) is 1.66. The van der Waals surface area contributed by atoms with Crippen LogP contribution in [-0.4, -0.2) is 59.1 Å². The van der Waals surface area contributed by atoms with Crippen LogP contribution in [0.15, 0.2) is 53.1 Å². The van der Waals surface area contributed by atoms with E-state index in [0.717, 1.165) is 18.7 Å². The number of hydrogen-bond donors (Lipinski definition) is 0. The summed E-state index contributed by atoms with van der Waals surface area (Å²) < 4.78 is 16.5. The highest BCUT2D eigenvalue weighted by Gasteiger charge is 2.24. The van der Waals surface area contributed by atoms with Crippen LogP contribution in [0.3, 0.4) is 0 Å². The average Bonchev–Trinajstić information content (AvgIpc) is 3.22. The molecule has 1 aliphatic heterocycles. The molecule has 1 amide bonds. The highest BCUT2D eigenvalue weighted by Crippen LogP contribution is 2.29. The van der Waals surface area contributed by atoms with E-state index in [1.807, 2.05) is 35.2 Å². The molecule has 0 N–H and O–H groups in total. The molecule has 31 heavy (non-hydrogen) atoms. The summed E-state index contributed by atoms with van der Waals surface area (Å²) in [6, 6.07) is 15.3. The van der Waals surface area contributed by atoms with Gasteiger partial charge in [0.05, 0.1) is 13.7 Å². The molecular formula is C23H26N4O4. The Hall–Kier alpha value is -3.39. The molecule has 0 atom stereocenters. The maximum atomic E-state index is 13.0. The van der Waals surface area contributed by atoms with Gasteiger partial charge in [-0.25, -0.2) is 0 Å². The van der Waals surface area contributed by atoms with E-state index in [0.29, 0.717) is 55.0 Å². The van der Waals surface area contributed by atoms with Crippen LogP contribution >= 0.6 is 0 Å². The first-order valence-electron chi connectivity index (χ1n) is 10.3. The number of nitrogens with zero attached hydrogens (tertiary/aromatic N) is 4. The van der Waals surface area contributed by atoms with Crippen molar-refractivity contribution in [1.29, 1.82) is 0 Å². The van der Waals surface area contributed by atoms with Gasteiger partial charge in [-0.3, -0.25) is 9.69 Å². The Morgan fingerprint density at radius 1 is 1.06 bits per heavy atom. The smallest absolute Gasteiger partial charge is 0.254 e. The number of piperazine rings is 1. The number of aryl methyl sites for hydroxylation is 1. The first-order valence-corrected chi connectivity index (χ1v) is 10.3. The van der Waals surface area contributed by atoms with Gasteiger partial charge in [0.25, 0.3) is 5.91 Å². The second kappa shape index (κ2) is 9.61. The van der Waals surface area contributed by atoms with E-state index < -0.39 is 0 Å². The molecule has 0 aliphatic carbocycles. The topological polar surface area (TPSA) is 80.9 Å². The fourth-order valence-electron chi connectivity index (χ4n) is 3.54. The third-order valence-electron chi connectivity index (χ3n) is 5.24. The van der Waals surface area contributed by atoms with Gasteiger partial charge < -0.3 is 18.9 Å². The third kappa shape index (κ3) is 5.21. The summed E-state index contributed by atoms with van der Waals surface area (Å²) >= 11 is 0.